The van der Waals surface area contributed by atoms with E-state index in [9.17, 15) is 9.00 Å². The predicted octanol–water partition coefficient (Wildman–Crippen LogP) is 2.29. The Morgan fingerprint density at radius 3 is 2.54 bits per heavy atom. The Hall–Kier alpha value is -0.700. The van der Waals surface area contributed by atoms with Gasteiger partial charge in [0.2, 0.25) is 0 Å². The second-order valence-electron chi connectivity index (χ2n) is 8.42. The van der Waals surface area contributed by atoms with Gasteiger partial charge < -0.3 is 19.7 Å². The lowest BCUT2D eigenvalue weighted by Gasteiger charge is -2.42. The van der Waals surface area contributed by atoms with Crippen LogP contribution in [0, 0.1) is 11.8 Å². The van der Waals surface area contributed by atoms with Crippen molar-refractivity contribution in [2.75, 3.05) is 39.7 Å². The average molecular weight is 418 g/mol. The fourth-order valence-electron chi connectivity index (χ4n) is 4.38. The first-order chi connectivity index (χ1) is 13.4. The molecule has 2 amide bonds. The highest BCUT2D eigenvalue weighted by molar-refractivity contribution is 7.82. The average Bonchev–Trinajstić information content (AvgIpc) is 2.66. The lowest BCUT2D eigenvalue weighted by Crippen LogP contribution is -2.60. The highest BCUT2D eigenvalue weighted by Gasteiger charge is 2.36. The number of urea groups is 1. The summed E-state index contributed by atoms with van der Waals surface area (Å²) in [6.45, 7) is 6.76. The Morgan fingerprint density at radius 2 is 1.93 bits per heavy atom. The Kier molecular flexibility index (Phi) is 10.2. The van der Waals surface area contributed by atoms with Gasteiger partial charge >= 0.3 is 6.03 Å². The van der Waals surface area contributed by atoms with Crippen molar-refractivity contribution in [3.05, 3.63) is 0 Å². The molecule has 2 fully saturated rings. The maximum Gasteiger partial charge on any atom is 0.317 e. The number of ether oxygens (including phenoxy) is 2. The van der Waals surface area contributed by atoms with Crippen molar-refractivity contribution < 1.29 is 18.5 Å². The van der Waals surface area contributed by atoms with E-state index in [-0.39, 0.29) is 24.2 Å². The second kappa shape index (κ2) is 12.1. The number of nitrogens with zero attached hydrogens (tertiary/aromatic N) is 1. The summed E-state index contributed by atoms with van der Waals surface area (Å²) in [6, 6.07) is -0.217. The van der Waals surface area contributed by atoms with Gasteiger partial charge in [-0.15, -0.1) is 0 Å². The number of nitrogens with one attached hydrogen (secondary N) is 2. The minimum Gasteiger partial charge on any atom is -0.383 e. The molecule has 164 valence electrons. The maximum absolute atomic E-state index is 12.7. The SMILES string of the molecule is COCCNC(=O)N1CCCC(NS(C)=O)C1COC1CCC(C(C)C)CC1. The summed E-state index contributed by atoms with van der Waals surface area (Å²) in [4.78, 5) is 14.5. The molecule has 0 aromatic carbocycles. The molecule has 2 N–H and O–H groups in total. The van der Waals surface area contributed by atoms with Gasteiger partial charge in [-0.2, -0.15) is 0 Å². The molecule has 0 spiro atoms. The number of likely N-dealkylation sites (tertiary alicyclic amines) is 1. The van der Waals surface area contributed by atoms with Crippen molar-refractivity contribution in [1.82, 2.24) is 14.9 Å². The zero-order chi connectivity index (χ0) is 20.5. The van der Waals surface area contributed by atoms with E-state index < -0.39 is 11.0 Å². The fraction of sp³-hybridized carbons (Fsp3) is 0.950. The van der Waals surface area contributed by atoms with E-state index in [4.69, 9.17) is 9.47 Å². The van der Waals surface area contributed by atoms with Gasteiger partial charge in [-0.05, 0) is 50.4 Å². The molecule has 1 saturated carbocycles. The third kappa shape index (κ3) is 7.28. The topological polar surface area (TPSA) is 79.9 Å². The molecule has 1 saturated heterocycles. The van der Waals surface area contributed by atoms with Gasteiger partial charge in [-0.1, -0.05) is 13.8 Å². The second-order valence-corrected chi connectivity index (χ2v) is 9.56. The fourth-order valence-corrected chi connectivity index (χ4v) is 5.09. The molecule has 0 aromatic heterocycles. The van der Waals surface area contributed by atoms with Crippen LogP contribution in [0.1, 0.15) is 52.4 Å². The standard InChI is InChI=1S/C20H39N3O4S/c1-15(2)16-7-9-17(10-8-16)27-14-19-18(22-28(4)25)6-5-12-23(19)20(24)21-11-13-26-3/h15-19,22H,5-14H2,1-4H3,(H,21,24). The summed E-state index contributed by atoms with van der Waals surface area (Å²) in [5.74, 6) is 1.54. The van der Waals surface area contributed by atoms with E-state index in [2.05, 4.69) is 23.9 Å². The van der Waals surface area contributed by atoms with Crippen LogP contribution in [0.2, 0.25) is 0 Å². The molecule has 0 aromatic rings. The lowest BCUT2D eigenvalue weighted by atomic mass is 9.80. The van der Waals surface area contributed by atoms with Crippen LogP contribution in [-0.4, -0.2) is 73.0 Å². The van der Waals surface area contributed by atoms with Crippen molar-refractivity contribution in [3.63, 3.8) is 0 Å². The van der Waals surface area contributed by atoms with Crippen molar-refractivity contribution in [3.8, 4) is 0 Å². The zero-order valence-electron chi connectivity index (χ0n) is 17.9. The summed E-state index contributed by atoms with van der Waals surface area (Å²) < 4.78 is 26.2. The van der Waals surface area contributed by atoms with Gasteiger partial charge in [0.05, 0.1) is 36.3 Å². The summed E-state index contributed by atoms with van der Waals surface area (Å²) in [5, 5.41) is 2.92. The first kappa shape index (κ1) is 23.6. The molecule has 28 heavy (non-hydrogen) atoms. The van der Waals surface area contributed by atoms with Crippen LogP contribution in [0.5, 0.6) is 0 Å². The highest BCUT2D eigenvalue weighted by atomic mass is 32.2. The number of rotatable bonds is 9. The number of carbonyl (C=O) groups is 1. The van der Waals surface area contributed by atoms with Gasteiger partial charge in [0.25, 0.3) is 0 Å². The minimum atomic E-state index is -1.12. The third-order valence-electron chi connectivity index (χ3n) is 6.10. The molecule has 0 radical (unpaired) electrons. The van der Waals surface area contributed by atoms with E-state index in [1.54, 1.807) is 13.4 Å². The Morgan fingerprint density at radius 1 is 1.21 bits per heavy atom. The largest absolute Gasteiger partial charge is 0.383 e. The molecule has 3 atom stereocenters. The van der Waals surface area contributed by atoms with E-state index in [1.165, 1.54) is 12.8 Å². The normalized spacial score (nSPS) is 29.7. The van der Waals surface area contributed by atoms with Gasteiger partial charge in [-0.3, -0.25) is 0 Å². The van der Waals surface area contributed by atoms with Gasteiger partial charge in [0.1, 0.15) is 0 Å². The van der Waals surface area contributed by atoms with Crippen molar-refractivity contribution in [2.45, 2.75) is 70.6 Å². The van der Waals surface area contributed by atoms with Crippen LogP contribution in [0.4, 0.5) is 4.79 Å². The molecule has 0 bridgehead atoms. The van der Waals surface area contributed by atoms with Crippen LogP contribution in [0.25, 0.3) is 0 Å². The summed E-state index contributed by atoms with van der Waals surface area (Å²) in [5.41, 5.74) is 0. The van der Waals surface area contributed by atoms with E-state index in [0.717, 1.165) is 37.5 Å². The molecular weight excluding hydrogens is 378 g/mol. The molecular formula is C20H39N3O4S. The molecule has 2 rings (SSSR count). The van der Waals surface area contributed by atoms with E-state index in [1.807, 2.05) is 4.90 Å². The number of hydrogen-bond donors (Lipinski definition) is 2. The van der Waals surface area contributed by atoms with Gasteiger partial charge in [-0.25, -0.2) is 13.7 Å². The van der Waals surface area contributed by atoms with Gasteiger partial charge in [0.15, 0.2) is 0 Å². The van der Waals surface area contributed by atoms with Crippen LogP contribution < -0.4 is 10.0 Å². The van der Waals surface area contributed by atoms with Crippen LogP contribution in [0.15, 0.2) is 0 Å². The highest BCUT2D eigenvalue weighted by Crippen LogP contribution is 2.31. The monoisotopic (exact) mass is 417 g/mol. The molecule has 3 unspecified atom stereocenters. The third-order valence-corrected chi connectivity index (χ3v) is 6.74. The molecule has 1 aliphatic heterocycles. The Labute approximate surface area is 172 Å². The number of amides is 2. The predicted molar refractivity (Wildman–Crippen MR) is 113 cm³/mol. The Bertz CT molecular complexity index is 498. The first-order valence-electron chi connectivity index (χ1n) is 10.7. The number of piperidine rings is 1. The van der Waals surface area contributed by atoms with Gasteiger partial charge in [0, 0.05) is 32.5 Å². The van der Waals surface area contributed by atoms with Crippen LogP contribution >= 0.6 is 0 Å². The van der Waals surface area contributed by atoms with Crippen molar-refractivity contribution >= 4 is 17.0 Å². The molecule has 1 heterocycles. The minimum absolute atomic E-state index is 0.0141. The molecule has 2 aliphatic rings. The maximum atomic E-state index is 12.7. The smallest absolute Gasteiger partial charge is 0.317 e. The first-order valence-corrected chi connectivity index (χ1v) is 12.2. The summed E-state index contributed by atoms with van der Waals surface area (Å²) >= 11 is 0. The van der Waals surface area contributed by atoms with E-state index >= 15 is 0 Å². The zero-order valence-corrected chi connectivity index (χ0v) is 18.8. The lowest BCUT2D eigenvalue weighted by molar-refractivity contribution is -0.0240. The number of methoxy groups -OCH3 is 1. The van der Waals surface area contributed by atoms with Crippen molar-refractivity contribution in [2.24, 2.45) is 11.8 Å². The van der Waals surface area contributed by atoms with Crippen molar-refractivity contribution in [1.29, 1.82) is 0 Å². The number of hydrogen-bond acceptors (Lipinski definition) is 4. The Balaban J connectivity index is 1.94. The summed E-state index contributed by atoms with van der Waals surface area (Å²) in [7, 11) is 0.498. The molecule has 7 nitrogen and oxygen atoms in total. The number of carbonyl (C=O) groups excluding carboxylic acids is 1. The quantitative estimate of drug-likeness (QED) is 0.564. The molecule has 8 heteroatoms. The van der Waals surface area contributed by atoms with Crippen LogP contribution in [-0.2, 0) is 20.5 Å². The van der Waals surface area contributed by atoms with Crippen LogP contribution in [0.3, 0.4) is 0 Å². The molecule has 1 aliphatic carbocycles. The van der Waals surface area contributed by atoms with E-state index in [0.29, 0.717) is 26.3 Å². The summed E-state index contributed by atoms with van der Waals surface area (Å²) in [6.07, 6.45) is 8.31.